The van der Waals surface area contributed by atoms with Crippen LogP contribution >= 0.6 is 15.9 Å². The van der Waals surface area contributed by atoms with E-state index in [9.17, 15) is 28.7 Å². The van der Waals surface area contributed by atoms with E-state index in [1.165, 1.54) is 0 Å². The summed E-state index contributed by atoms with van der Waals surface area (Å²) in [7, 11) is -1.00. The maximum Gasteiger partial charge on any atom is 0.252 e. The third kappa shape index (κ3) is 7.08. The number of imidazole rings is 2. The lowest BCUT2D eigenvalue weighted by Crippen LogP contribution is -2.25. The average molecular weight is 685 g/mol. The fraction of sp³-hybridized carbons (Fsp3) is 0.333. The Bertz CT molecular complexity index is 1730. The van der Waals surface area contributed by atoms with E-state index in [2.05, 4.69) is 30.9 Å². The van der Waals surface area contributed by atoms with Crippen molar-refractivity contribution in [3.63, 3.8) is 0 Å². The van der Waals surface area contributed by atoms with E-state index in [1.54, 1.807) is 34.9 Å². The average Bonchev–Trinajstić information content (AvgIpc) is 3.67. The predicted octanol–water partition coefficient (Wildman–Crippen LogP) is 5.58. The molecule has 45 heavy (non-hydrogen) atoms. The molecule has 6 rings (SSSR count). The number of fused-ring (bicyclic) bond motifs is 6. The summed E-state index contributed by atoms with van der Waals surface area (Å²) in [6.45, 7) is 8.31. The van der Waals surface area contributed by atoms with Gasteiger partial charge in [0.25, 0.3) is 11.6 Å². The van der Waals surface area contributed by atoms with Crippen LogP contribution in [0, 0.1) is 0 Å². The van der Waals surface area contributed by atoms with Crippen LogP contribution in [0.15, 0.2) is 48.5 Å². The summed E-state index contributed by atoms with van der Waals surface area (Å²) in [5.41, 5.74) is 4.04. The number of carbonyl (C=O) groups excluding carboxylic acids is 4. The number of nitrogens with one attached hydrogen (secondary N) is 1. The fourth-order valence-corrected chi connectivity index (χ4v) is 4.92. The molecule has 0 amide bonds. The highest BCUT2D eigenvalue weighted by Gasteiger charge is 2.36. The third-order valence-corrected chi connectivity index (χ3v) is 7.25. The Morgan fingerprint density at radius 1 is 0.800 bits per heavy atom. The van der Waals surface area contributed by atoms with Crippen molar-refractivity contribution in [3.8, 4) is 22.5 Å². The first kappa shape index (κ1) is 33.8. The summed E-state index contributed by atoms with van der Waals surface area (Å²) >= 11 is 3.00. The Morgan fingerprint density at radius 2 is 1.29 bits per heavy atom. The molecule has 238 valence electrons. The van der Waals surface area contributed by atoms with E-state index < -0.39 is 30.3 Å². The van der Waals surface area contributed by atoms with Crippen LogP contribution in [-0.2, 0) is 6.54 Å². The molecular formula is C33H36BrFN4O6. The molecule has 0 radical (unpaired) electrons. The molecule has 0 unspecified atom stereocenters. The molecule has 0 aliphatic heterocycles. The minimum Gasteiger partial charge on any atom is -0.396 e. The Kier molecular flexibility index (Phi) is 11.8. The number of aromatic amines is 1. The van der Waals surface area contributed by atoms with Crippen LogP contribution in [0.25, 0.3) is 22.5 Å². The second kappa shape index (κ2) is 15.7. The van der Waals surface area contributed by atoms with Gasteiger partial charge in [-0.15, -0.1) is 0 Å². The van der Waals surface area contributed by atoms with Gasteiger partial charge in [-0.2, -0.15) is 0 Å². The number of hydrogen-bond acceptors (Lipinski definition) is 8. The molecule has 0 saturated carbocycles. The molecular weight excluding hydrogens is 647 g/mol. The van der Waals surface area contributed by atoms with Gasteiger partial charge < -0.3 is 19.8 Å². The summed E-state index contributed by atoms with van der Waals surface area (Å²) < 4.78 is 17.2. The van der Waals surface area contributed by atoms with Crippen molar-refractivity contribution in [1.29, 1.82) is 0 Å². The van der Waals surface area contributed by atoms with E-state index in [-0.39, 0.29) is 31.6 Å². The first-order valence-corrected chi connectivity index (χ1v) is 15.3. The van der Waals surface area contributed by atoms with E-state index >= 15 is 0 Å². The van der Waals surface area contributed by atoms with Gasteiger partial charge in [0.15, 0.2) is 0 Å². The zero-order valence-electron chi connectivity index (χ0n) is 26.4. The van der Waals surface area contributed by atoms with E-state index in [0.717, 1.165) is 11.4 Å². The molecule has 0 bridgehead atoms. The van der Waals surface area contributed by atoms with Gasteiger partial charge in [0.2, 0.25) is 11.6 Å². The van der Waals surface area contributed by atoms with Crippen molar-refractivity contribution >= 4 is 39.1 Å². The van der Waals surface area contributed by atoms with Crippen molar-refractivity contribution < 1.29 is 35.2 Å². The lowest BCUT2D eigenvalue weighted by molar-refractivity contribution is 0.0808. The molecule has 4 aromatic rings. The van der Waals surface area contributed by atoms with Crippen LogP contribution in [0.3, 0.4) is 0 Å². The van der Waals surface area contributed by atoms with Crippen molar-refractivity contribution in [2.75, 3.05) is 25.7 Å². The molecule has 2 aliphatic rings. The Hall–Kier alpha value is -4.13. The summed E-state index contributed by atoms with van der Waals surface area (Å²) in [6, 6.07) is 14.1. The number of aliphatic hydroxyl groups is 2. The van der Waals surface area contributed by atoms with Crippen molar-refractivity contribution in [3.05, 3.63) is 82.7 Å². The second-order valence-electron chi connectivity index (χ2n) is 10.5. The van der Waals surface area contributed by atoms with Crippen LogP contribution in [0.4, 0.5) is 4.39 Å². The van der Waals surface area contributed by atoms with Crippen LogP contribution in [0.1, 0.15) is 94.2 Å². The van der Waals surface area contributed by atoms with Crippen molar-refractivity contribution in [2.24, 2.45) is 0 Å². The van der Waals surface area contributed by atoms with E-state index in [4.69, 9.17) is 6.48 Å². The number of benzene rings is 2. The Labute approximate surface area is 270 Å². The lowest BCUT2D eigenvalue weighted by atomic mass is 9.90. The summed E-state index contributed by atoms with van der Waals surface area (Å²) in [4.78, 5) is 60.6. The molecule has 0 atom stereocenters. The van der Waals surface area contributed by atoms with Gasteiger partial charge >= 0.3 is 0 Å². The first-order chi connectivity index (χ1) is 22.0. The molecule has 2 aromatic carbocycles. The van der Waals surface area contributed by atoms with Gasteiger partial charge in [0.05, 0.1) is 21.7 Å². The fourth-order valence-electron chi connectivity index (χ4n) is 4.92. The molecule has 12 heteroatoms. The monoisotopic (exact) mass is 683 g/mol. The molecule has 2 heterocycles. The van der Waals surface area contributed by atoms with Gasteiger partial charge in [0, 0.05) is 46.0 Å². The SMILES string of the molecule is CC(C)c1nc2c([nH]1)C(=O)C(=O)c1ccccc1-2.CC(C)c1nc2c(n1CCO)C(=O)C(=O)c1ccccc1-2.OCCBr.[2H]CF. The van der Waals surface area contributed by atoms with Gasteiger partial charge in [-0.25, -0.2) is 9.97 Å². The number of hydrogen-bond donors (Lipinski definition) is 3. The zero-order chi connectivity index (χ0) is 34.1. The number of aromatic nitrogens is 4. The first-order valence-electron chi connectivity index (χ1n) is 14.9. The van der Waals surface area contributed by atoms with E-state index in [0.29, 0.717) is 50.6 Å². The Morgan fingerprint density at radius 3 is 1.76 bits per heavy atom. The second-order valence-corrected chi connectivity index (χ2v) is 11.3. The number of nitrogens with zero attached hydrogens (tertiary/aromatic N) is 3. The maximum atomic E-state index is 12.4. The minimum atomic E-state index is -1.00. The largest absolute Gasteiger partial charge is 0.396 e. The predicted molar refractivity (Wildman–Crippen MR) is 172 cm³/mol. The van der Waals surface area contributed by atoms with Crippen LogP contribution in [0.2, 0.25) is 0 Å². The van der Waals surface area contributed by atoms with Crippen LogP contribution in [0.5, 0.6) is 0 Å². The molecule has 0 fully saturated rings. The number of carbonyl (C=O) groups is 4. The van der Waals surface area contributed by atoms with Crippen molar-refractivity contribution in [1.82, 2.24) is 19.5 Å². The van der Waals surface area contributed by atoms with Crippen molar-refractivity contribution in [2.45, 2.75) is 46.1 Å². The summed E-state index contributed by atoms with van der Waals surface area (Å²) in [5, 5.41) is 17.8. The van der Waals surface area contributed by atoms with Crippen LogP contribution in [-0.4, -0.2) is 78.6 Å². The number of halogens is 2. The van der Waals surface area contributed by atoms with E-state index in [1.807, 2.05) is 45.9 Å². The highest BCUT2D eigenvalue weighted by atomic mass is 79.9. The normalized spacial score (nSPS) is 12.9. The number of H-pyrrole nitrogens is 1. The van der Waals surface area contributed by atoms with Crippen LogP contribution < -0.4 is 0 Å². The zero-order valence-corrected chi connectivity index (χ0v) is 27.0. The number of aliphatic hydroxyl groups excluding tert-OH is 2. The summed E-state index contributed by atoms with van der Waals surface area (Å²) in [5.74, 6) is -0.281. The Balaban J connectivity index is 0.000000210. The molecule has 10 nitrogen and oxygen atoms in total. The molecule has 0 saturated heterocycles. The number of Topliss-reactive ketones (excluding diaryl/α,β-unsaturated/α-hetero) is 4. The van der Waals surface area contributed by atoms with Gasteiger partial charge in [-0.1, -0.05) is 92.2 Å². The maximum absolute atomic E-state index is 12.4. The number of rotatable bonds is 5. The smallest absolute Gasteiger partial charge is 0.252 e. The lowest BCUT2D eigenvalue weighted by Gasteiger charge is -2.16. The molecule has 2 aromatic heterocycles. The van der Waals surface area contributed by atoms with Gasteiger partial charge in [0.1, 0.15) is 34.4 Å². The van der Waals surface area contributed by atoms with Gasteiger partial charge in [-0.05, 0) is 0 Å². The summed E-state index contributed by atoms with van der Waals surface area (Å²) in [6.07, 6.45) is 0. The molecule has 3 N–H and O–H groups in total. The van der Waals surface area contributed by atoms with Gasteiger partial charge in [-0.3, -0.25) is 23.6 Å². The quantitative estimate of drug-likeness (QED) is 0.182. The topological polar surface area (TPSA) is 155 Å². The standard InChI is InChI=1S/C16H16N2O3.C14H12N2O2.C2H5BrO.CH3F/c1-9(2)16-17-12-10-5-3-4-6-11(10)14(20)15(21)13(12)18(16)7-8-19;1-7(2)14-15-10-8-5-3-4-6-9(8)12(17)13(18)11(10)16-14;3-1-2-4;1-2/h3-6,9,19H,7-8H2,1-2H3;3-7H,1-2H3,(H,15,16);4H,1-2H2;1H3/i;;;1D. The highest BCUT2D eigenvalue weighted by Crippen LogP contribution is 2.35. The molecule has 2 aliphatic carbocycles. The minimum absolute atomic E-state index is 0.0946. The third-order valence-electron chi connectivity index (χ3n) is 6.90. The highest BCUT2D eigenvalue weighted by molar-refractivity contribution is 9.09. The number of ketones is 4. The molecule has 0 spiro atoms. The number of alkyl halides is 2.